The predicted octanol–water partition coefficient (Wildman–Crippen LogP) is 4.43. The fraction of sp³-hybridized carbons (Fsp3) is 0.385. The van der Waals surface area contributed by atoms with E-state index >= 15 is 0 Å². The van der Waals surface area contributed by atoms with Crippen molar-refractivity contribution < 1.29 is 17.9 Å². The maximum atomic E-state index is 13.4. The lowest BCUT2D eigenvalue weighted by Crippen LogP contribution is -2.31. The van der Waals surface area contributed by atoms with Gasteiger partial charge < -0.3 is 15.0 Å². The average Bonchev–Trinajstić information content (AvgIpc) is 3.38. The summed E-state index contributed by atoms with van der Waals surface area (Å²) < 4.78 is 33.1. The third-order valence-electron chi connectivity index (χ3n) is 6.46. The summed E-state index contributed by atoms with van der Waals surface area (Å²) in [5, 5.41) is 3.78. The average molecular weight is 497 g/mol. The van der Waals surface area contributed by atoms with Gasteiger partial charge in [-0.25, -0.2) is 8.42 Å². The van der Waals surface area contributed by atoms with Crippen molar-refractivity contribution in [3.8, 4) is 5.75 Å². The van der Waals surface area contributed by atoms with Crippen molar-refractivity contribution >= 4 is 38.2 Å². The van der Waals surface area contributed by atoms with E-state index in [4.69, 9.17) is 4.74 Å². The van der Waals surface area contributed by atoms with Crippen LogP contribution >= 0.6 is 0 Å². The number of pyridine rings is 1. The molecule has 8 nitrogen and oxygen atoms in total. The van der Waals surface area contributed by atoms with Gasteiger partial charge in [-0.1, -0.05) is 13.8 Å². The van der Waals surface area contributed by atoms with Crippen molar-refractivity contribution in [1.82, 2.24) is 9.29 Å². The van der Waals surface area contributed by atoms with E-state index in [0.717, 1.165) is 42.5 Å². The Morgan fingerprint density at radius 2 is 1.80 bits per heavy atom. The summed E-state index contributed by atoms with van der Waals surface area (Å²) in [7, 11) is -2.08. The van der Waals surface area contributed by atoms with E-state index in [2.05, 4.69) is 15.2 Å². The molecule has 0 bridgehead atoms. The number of carbonyl (C=O) groups excluding carboxylic acids is 1. The molecule has 3 aromatic rings. The number of anilines is 2. The Kier molecular flexibility index (Phi) is 7.28. The second-order valence-electron chi connectivity index (χ2n) is 8.60. The number of aryl methyl sites for hydroxylation is 1. The Morgan fingerprint density at radius 1 is 1.09 bits per heavy atom. The lowest BCUT2D eigenvalue weighted by atomic mass is 10.1. The topological polar surface area (TPSA) is 91.8 Å². The number of hydrogen-bond donors (Lipinski definition) is 1. The zero-order valence-corrected chi connectivity index (χ0v) is 21.5. The molecule has 1 amide bonds. The van der Waals surface area contributed by atoms with Gasteiger partial charge in [-0.3, -0.25) is 9.78 Å². The van der Waals surface area contributed by atoms with Crippen LogP contribution in [0.4, 0.5) is 11.4 Å². The molecule has 4 rings (SSSR count). The van der Waals surface area contributed by atoms with Crippen molar-refractivity contribution in [2.75, 3.05) is 43.5 Å². The number of aromatic nitrogens is 1. The van der Waals surface area contributed by atoms with Crippen molar-refractivity contribution in [2.45, 2.75) is 38.5 Å². The molecule has 1 aromatic heterocycles. The summed E-state index contributed by atoms with van der Waals surface area (Å²) in [6.45, 7) is 7.89. The van der Waals surface area contributed by atoms with Crippen LogP contribution in [0.3, 0.4) is 0 Å². The molecule has 9 heteroatoms. The van der Waals surface area contributed by atoms with Crippen LogP contribution in [0.15, 0.2) is 47.4 Å². The molecular weight excluding hydrogens is 464 g/mol. The number of methoxy groups -OCH3 is 1. The maximum absolute atomic E-state index is 13.4. The highest BCUT2D eigenvalue weighted by Crippen LogP contribution is 2.33. The standard InChI is InChI=1S/C26H32N4O4S/c1-5-30(6-2)35(32,33)21-10-12-25(29-13-7-8-14-29)24(17-21)28-26(31)22-16-19-15-20(34-4)9-11-23(19)27-18(22)3/h9-12,15-17H,5-8,13-14H2,1-4H3,(H,28,31). The summed E-state index contributed by atoms with van der Waals surface area (Å²) in [4.78, 5) is 20.4. The first-order chi connectivity index (χ1) is 16.8. The van der Waals surface area contributed by atoms with Crippen molar-refractivity contribution in [2.24, 2.45) is 0 Å². The predicted molar refractivity (Wildman–Crippen MR) is 139 cm³/mol. The normalized spacial score (nSPS) is 14.0. The molecule has 2 aromatic carbocycles. The van der Waals surface area contributed by atoms with Crippen LogP contribution in [0.25, 0.3) is 10.9 Å². The molecule has 0 saturated carbocycles. The number of rotatable bonds is 8. The molecular formula is C26H32N4O4S. The number of fused-ring (bicyclic) bond motifs is 1. The number of amides is 1. The van der Waals surface area contributed by atoms with Crippen LogP contribution in [0, 0.1) is 6.92 Å². The number of hydrogen-bond acceptors (Lipinski definition) is 6. The summed E-state index contributed by atoms with van der Waals surface area (Å²) in [6, 6.07) is 12.3. The summed E-state index contributed by atoms with van der Waals surface area (Å²) in [6.07, 6.45) is 2.12. The number of ether oxygens (including phenoxy) is 1. The van der Waals surface area contributed by atoms with Gasteiger partial charge in [0.25, 0.3) is 5.91 Å². The smallest absolute Gasteiger partial charge is 0.257 e. The van der Waals surface area contributed by atoms with Gasteiger partial charge in [-0.05, 0) is 62.2 Å². The Balaban J connectivity index is 1.75. The van der Waals surface area contributed by atoms with Gasteiger partial charge in [-0.2, -0.15) is 4.31 Å². The molecule has 0 spiro atoms. The van der Waals surface area contributed by atoms with Gasteiger partial charge >= 0.3 is 0 Å². The van der Waals surface area contributed by atoms with Gasteiger partial charge in [0.1, 0.15) is 5.75 Å². The fourth-order valence-electron chi connectivity index (χ4n) is 4.52. The van der Waals surface area contributed by atoms with E-state index in [1.54, 1.807) is 38.3 Å². The molecule has 1 N–H and O–H groups in total. The molecule has 186 valence electrons. The van der Waals surface area contributed by atoms with Crippen LogP contribution in [0.2, 0.25) is 0 Å². The Labute approximate surface area is 207 Å². The molecule has 1 saturated heterocycles. The molecule has 35 heavy (non-hydrogen) atoms. The first-order valence-electron chi connectivity index (χ1n) is 11.9. The summed E-state index contributed by atoms with van der Waals surface area (Å²) in [5.41, 5.74) is 3.09. The van der Waals surface area contributed by atoms with Crippen LogP contribution in [-0.2, 0) is 10.0 Å². The molecule has 1 aliphatic heterocycles. The number of nitrogens with one attached hydrogen (secondary N) is 1. The summed E-state index contributed by atoms with van der Waals surface area (Å²) >= 11 is 0. The van der Waals surface area contributed by atoms with Gasteiger partial charge in [-0.15, -0.1) is 0 Å². The highest BCUT2D eigenvalue weighted by atomic mass is 32.2. The van der Waals surface area contributed by atoms with Crippen molar-refractivity contribution in [1.29, 1.82) is 0 Å². The molecule has 0 unspecified atom stereocenters. The SMILES string of the molecule is CCN(CC)S(=O)(=O)c1ccc(N2CCCC2)c(NC(=O)c2cc3cc(OC)ccc3nc2C)c1. The Morgan fingerprint density at radius 3 is 2.46 bits per heavy atom. The van der Waals surface area contributed by atoms with E-state index in [1.165, 1.54) is 4.31 Å². The van der Waals surface area contributed by atoms with E-state index in [1.807, 2.05) is 32.0 Å². The number of nitrogens with zero attached hydrogens (tertiary/aromatic N) is 3. The summed E-state index contributed by atoms with van der Waals surface area (Å²) in [5.74, 6) is 0.345. The second-order valence-corrected chi connectivity index (χ2v) is 10.5. The van der Waals surface area contributed by atoms with Gasteiger partial charge in [0.2, 0.25) is 10.0 Å². The van der Waals surface area contributed by atoms with Crippen molar-refractivity contribution in [3.63, 3.8) is 0 Å². The third-order valence-corrected chi connectivity index (χ3v) is 8.51. The van der Waals surface area contributed by atoms with Crippen LogP contribution in [0.5, 0.6) is 5.75 Å². The zero-order chi connectivity index (χ0) is 25.2. The Hall–Kier alpha value is -3.17. The largest absolute Gasteiger partial charge is 0.497 e. The maximum Gasteiger partial charge on any atom is 0.257 e. The fourth-order valence-corrected chi connectivity index (χ4v) is 6.00. The van der Waals surface area contributed by atoms with E-state index < -0.39 is 10.0 Å². The second kappa shape index (κ2) is 10.2. The molecule has 1 aliphatic rings. The lowest BCUT2D eigenvalue weighted by Gasteiger charge is -2.24. The minimum absolute atomic E-state index is 0.164. The molecule has 0 atom stereocenters. The molecule has 2 heterocycles. The van der Waals surface area contributed by atoms with E-state index in [9.17, 15) is 13.2 Å². The highest BCUT2D eigenvalue weighted by Gasteiger charge is 2.25. The lowest BCUT2D eigenvalue weighted by molar-refractivity contribution is 0.102. The minimum atomic E-state index is -3.67. The van der Waals surface area contributed by atoms with Gasteiger partial charge in [0, 0.05) is 31.6 Å². The quantitative estimate of drug-likeness (QED) is 0.496. The first-order valence-corrected chi connectivity index (χ1v) is 13.4. The molecule has 0 radical (unpaired) electrons. The highest BCUT2D eigenvalue weighted by molar-refractivity contribution is 7.89. The molecule has 1 fully saturated rings. The minimum Gasteiger partial charge on any atom is -0.497 e. The van der Waals surface area contributed by atoms with Gasteiger partial charge in [0.15, 0.2) is 0 Å². The van der Waals surface area contributed by atoms with E-state index in [0.29, 0.717) is 35.8 Å². The van der Waals surface area contributed by atoms with Crippen LogP contribution in [0.1, 0.15) is 42.7 Å². The van der Waals surface area contributed by atoms with E-state index in [-0.39, 0.29) is 10.8 Å². The Bertz CT molecular complexity index is 1350. The number of sulfonamides is 1. The number of benzene rings is 2. The number of carbonyl (C=O) groups is 1. The van der Waals surface area contributed by atoms with Crippen molar-refractivity contribution in [3.05, 3.63) is 53.7 Å². The van der Waals surface area contributed by atoms with Gasteiger partial charge in [0.05, 0.1) is 40.2 Å². The monoisotopic (exact) mass is 496 g/mol. The first kappa shape index (κ1) is 24.9. The van der Waals surface area contributed by atoms with Crippen LogP contribution in [-0.4, -0.2) is 56.9 Å². The molecule has 0 aliphatic carbocycles. The third kappa shape index (κ3) is 4.97. The zero-order valence-electron chi connectivity index (χ0n) is 20.7. The van der Waals surface area contributed by atoms with Crippen LogP contribution < -0.4 is 15.0 Å².